The van der Waals surface area contributed by atoms with Gasteiger partial charge in [-0.05, 0) is 41.5 Å². The van der Waals surface area contributed by atoms with Crippen molar-refractivity contribution in [1.82, 2.24) is 10.6 Å². The Morgan fingerprint density at radius 3 is 2.33 bits per heavy atom. The molecule has 0 spiro atoms. The SMILES string of the molecule is CCCCCCCCC(=O)N[C@@H](NC(=S)Nc1ccc2ccccc2c1)C(Cl)(Cl)Cl. The van der Waals surface area contributed by atoms with Crippen molar-refractivity contribution in [3.05, 3.63) is 42.5 Å². The maximum atomic E-state index is 12.3. The van der Waals surface area contributed by atoms with Crippen LogP contribution in [0.25, 0.3) is 10.8 Å². The summed E-state index contributed by atoms with van der Waals surface area (Å²) in [5, 5.41) is 11.2. The number of rotatable bonds is 10. The van der Waals surface area contributed by atoms with E-state index in [1.807, 2.05) is 42.5 Å². The zero-order valence-corrected chi connectivity index (χ0v) is 20.1. The molecule has 0 aliphatic heterocycles. The molecular formula is C22H28Cl3N3OS. The summed E-state index contributed by atoms with van der Waals surface area (Å²) in [4.78, 5) is 12.3. The third-order valence-corrected chi connectivity index (χ3v) is 5.55. The summed E-state index contributed by atoms with van der Waals surface area (Å²) >= 11 is 23.5. The standard InChI is InChI=1S/C22H28Cl3N3OS/c1-2-3-4-5-6-7-12-19(29)27-20(22(23,24)25)28-21(30)26-18-14-13-16-10-8-9-11-17(16)15-18/h8-11,13-15,20H,2-7,12H2,1H3,(H,27,29)(H2,26,28,30)/t20-/m0/s1. The van der Waals surface area contributed by atoms with Gasteiger partial charge in [-0.3, -0.25) is 4.79 Å². The lowest BCUT2D eigenvalue weighted by atomic mass is 10.1. The summed E-state index contributed by atoms with van der Waals surface area (Å²) in [6, 6.07) is 13.9. The number of benzene rings is 2. The van der Waals surface area contributed by atoms with Gasteiger partial charge < -0.3 is 16.0 Å². The highest BCUT2D eigenvalue weighted by Gasteiger charge is 2.34. The summed E-state index contributed by atoms with van der Waals surface area (Å²) in [5.41, 5.74) is 0.799. The average Bonchev–Trinajstić information content (AvgIpc) is 2.69. The molecule has 1 atom stereocenters. The molecule has 0 aromatic heterocycles. The van der Waals surface area contributed by atoms with Crippen LogP contribution in [0.2, 0.25) is 0 Å². The van der Waals surface area contributed by atoms with E-state index < -0.39 is 9.96 Å². The monoisotopic (exact) mass is 487 g/mol. The highest BCUT2D eigenvalue weighted by atomic mass is 35.6. The van der Waals surface area contributed by atoms with Gasteiger partial charge in [0, 0.05) is 12.1 Å². The molecule has 0 radical (unpaired) electrons. The minimum absolute atomic E-state index is 0.178. The molecule has 2 aromatic rings. The molecule has 1 amide bonds. The molecule has 4 nitrogen and oxygen atoms in total. The third-order valence-electron chi connectivity index (χ3n) is 4.67. The maximum absolute atomic E-state index is 12.3. The first kappa shape index (κ1) is 25.0. The zero-order valence-electron chi connectivity index (χ0n) is 17.0. The Kier molecular flexibility index (Phi) is 10.5. The molecule has 0 unspecified atom stereocenters. The Bertz CT molecular complexity index is 842. The first-order chi connectivity index (χ1) is 14.3. The molecule has 30 heavy (non-hydrogen) atoms. The van der Waals surface area contributed by atoms with Gasteiger partial charge in [0.05, 0.1) is 0 Å². The lowest BCUT2D eigenvalue weighted by molar-refractivity contribution is -0.122. The first-order valence-corrected chi connectivity index (χ1v) is 11.8. The number of anilines is 1. The molecule has 0 aliphatic carbocycles. The Balaban J connectivity index is 1.87. The van der Waals surface area contributed by atoms with Crippen molar-refractivity contribution in [2.45, 2.75) is 61.8 Å². The minimum atomic E-state index is -1.76. The summed E-state index contributed by atoms with van der Waals surface area (Å²) in [5.74, 6) is -0.178. The average molecular weight is 489 g/mol. The topological polar surface area (TPSA) is 53.2 Å². The van der Waals surface area contributed by atoms with Crippen molar-refractivity contribution < 1.29 is 4.79 Å². The van der Waals surface area contributed by atoms with Gasteiger partial charge >= 0.3 is 0 Å². The van der Waals surface area contributed by atoms with Crippen molar-refractivity contribution in [1.29, 1.82) is 0 Å². The molecule has 0 heterocycles. The highest BCUT2D eigenvalue weighted by Crippen LogP contribution is 2.29. The van der Waals surface area contributed by atoms with Crippen molar-refractivity contribution in [3.63, 3.8) is 0 Å². The predicted molar refractivity (Wildman–Crippen MR) is 134 cm³/mol. The summed E-state index contributed by atoms with van der Waals surface area (Å²) in [6.07, 6.45) is 6.02. The van der Waals surface area contributed by atoms with E-state index in [1.54, 1.807) is 0 Å². The molecule has 0 saturated carbocycles. The Morgan fingerprint density at radius 2 is 1.63 bits per heavy atom. The van der Waals surface area contributed by atoms with Crippen LogP contribution in [-0.4, -0.2) is 21.0 Å². The van der Waals surface area contributed by atoms with Crippen LogP contribution in [0.1, 0.15) is 51.9 Å². The van der Waals surface area contributed by atoms with Crippen LogP contribution < -0.4 is 16.0 Å². The molecule has 0 aliphatic rings. The second kappa shape index (κ2) is 12.6. The van der Waals surface area contributed by atoms with Crippen LogP contribution in [0.3, 0.4) is 0 Å². The van der Waals surface area contributed by atoms with E-state index >= 15 is 0 Å². The van der Waals surface area contributed by atoms with Gasteiger partial charge in [0.15, 0.2) is 5.11 Å². The zero-order chi connectivity index (χ0) is 22.0. The van der Waals surface area contributed by atoms with Gasteiger partial charge in [0.2, 0.25) is 9.70 Å². The molecule has 2 aromatic carbocycles. The lowest BCUT2D eigenvalue weighted by Crippen LogP contribution is -2.56. The van der Waals surface area contributed by atoms with E-state index in [9.17, 15) is 4.79 Å². The molecule has 2 rings (SSSR count). The number of hydrogen-bond acceptors (Lipinski definition) is 2. The molecule has 0 bridgehead atoms. The number of fused-ring (bicyclic) bond motifs is 1. The van der Waals surface area contributed by atoms with Gasteiger partial charge in [-0.2, -0.15) is 0 Å². The van der Waals surface area contributed by atoms with E-state index in [-0.39, 0.29) is 11.0 Å². The number of halogens is 3. The Labute approximate surface area is 199 Å². The number of thiocarbonyl (C=S) groups is 1. The highest BCUT2D eigenvalue weighted by molar-refractivity contribution is 7.80. The van der Waals surface area contributed by atoms with Gasteiger partial charge in [-0.15, -0.1) is 0 Å². The van der Waals surface area contributed by atoms with E-state index in [1.165, 1.54) is 19.3 Å². The first-order valence-electron chi connectivity index (χ1n) is 10.2. The van der Waals surface area contributed by atoms with E-state index in [0.717, 1.165) is 35.7 Å². The number of alkyl halides is 3. The summed E-state index contributed by atoms with van der Waals surface area (Å²) in [6.45, 7) is 2.18. The molecule has 0 saturated heterocycles. The van der Waals surface area contributed by atoms with Crippen LogP contribution in [0, 0.1) is 0 Å². The smallest absolute Gasteiger partial charge is 0.228 e. The number of nitrogens with one attached hydrogen (secondary N) is 3. The van der Waals surface area contributed by atoms with Crippen molar-refractivity contribution in [2.75, 3.05) is 5.32 Å². The fourth-order valence-electron chi connectivity index (χ4n) is 3.06. The van der Waals surface area contributed by atoms with Gasteiger partial charge in [0.1, 0.15) is 6.17 Å². The molecule has 164 valence electrons. The second-order valence-corrected chi connectivity index (χ2v) is 10.00. The van der Waals surface area contributed by atoms with Crippen LogP contribution in [0.5, 0.6) is 0 Å². The summed E-state index contributed by atoms with van der Waals surface area (Å²) < 4.78 is -1.76. The number of carbonyl (C=O) groups excluding carboxylic acids is 1. The van der Waals surface area contributed by atoms with Crippen LogP contribution in [0.4, 0.5) is 5.69 Å². The van der Waals surface area contributed by atoms with Gasteiger partial charge in [0.25, 0.3) is 0 Å². The van der Waals surface area contributed by atoms with E-state index in [0.29, 0.717) is 6.42 Å². The normalized spacial score (nSPS) is 12.4. The van der Waals surface area contributed by atoms with Crippen molar-refractivity contribution in [3.8, 4) is 0 Å². The largest absolute Gasteiger partial charge is 0.339 e. The maximum Gasteiger partial charge on any atom is 0.228 e. The molecule has 3 N–H and O–H groups in total. The van der Waals surface area contributed by atoms with E-state index in [4.69, 9.17) is 47.0 Å². The third kappa shape index (κ3) is 8.84. The number of hydrogen-bond donors (Lipinski definition) is 3. The molecular weight excluding hydrogens is 461 g/mol. The van der Waals surface area contributed by atoms with Gasteiger partial charge in [-0.25, -0.2) is 0 Å². The number of amides is 1. The van der Waals surface area contributed by atoms with Gasteiger partial charge in [-0.1, -0.05) is 104 Å². The quantitative estimate of drug-likeness (QED) is 0.151. The van der Waals surface area contributed by atoms with Crippen LogP contribution in [0.15, 0.2) is 42.5 Å². The molecule has 0 fully saturated rings. The van der Waals surface area contributed by atoms with Crippen molar-refractivity contribution >= 4 is 74.5 Å². The minimum Gasteiger partial charge on any atom is -0.339 e. The lowest BCUT2D eigenvalue weighted by Gasteiger charge is -2.27. The molecule has 8 heteroatoms. The van der Waals surface area contributed by atoms with Crippen molar-refractivity contribution in [2.24, 2.45) is 0 Å². The predicted octanol–water partition coefficient (Wildman–Crippen LogP) is 6.69. The van der Waals surface area contributed by atoms with Crippen LogP contribution in [-0.2, 0) is 4.79 Å². The second-order valence-electron chi connectivity index (χ2n) is 7.22. The van der Waals surface area contributed by atoms with E-state index in [2.05, 4.69) is 22.9 Å². The van der Waals surface area contributed by atoms with Crippen LogP contribution >= 0.6 is 47.0 Å². The fourth-order valence-corrected chi connectivity index (χ4v) is 3.63. The number of unbranched alkanes of at least 4 members (excludes halogenated alkanes) is 5. The summed E-state index contributed by atoms with van der Waals surface area (Å²) in [7, 11) is 0. The fraction of sp³-hybridized carbons (Fsp3) is 0.455. The Morgan fingerprint density at radius 1 is 0.967 bits per heavy atom. The number of carbonyl (C=O) groups is 1. The Hall–Kier alpha value is -1.27.